The van der Waals surface area contributed by atoms with E-state index in [9.17, 15) is 9.90 Å². The summed E-state index contributed by atoms with van der Waals surface area (Å²) in [5.74, 6) is -0.185. The van der Waals surface area contributed by atoms with E-state index in [1.165, 1.54) is 0 Å². The third-order valence-corrected chi connectivity index (χ3v) is 2.33. The summed E-state index contributed by atoms with van der Waals surface area (Å²) in [6, 6.07) is 3.45. The van der Waals surface area contributed by atoms with Crippen LogP contribution in [0.2, 0.25) is 0 Å². The Morgan fingerprint density at radius 3 is 2.93 bits per heavy atom. The van der Waals surface area contributed by atoms with Crippen molar-refractivity contribution in [3.8, 4) is 0 Å². The Morgan fingerprint density at radius 1 is 1.64 bits per heavy atom. The number of aromatic amines is 1. The zero-order valence-electron chi connectivity index (χ0n) is 7.71. The van der Waals surface area contributed by atoms with Gasteiger partial charge in [0.2, 0.25) is 0 Å². The molecule has 0 bridgehead atoms. The van der Waals surface area contributed by atoms with Crippen LogP contribution in [-0.2, 0) is 0 Å². The molecule has 1 aliphatic rings. The molecule has 1 aromatic heterocycles. The zero-order chi connectivity index (χ0) is 10.0. The van der Waals surface area contributed by atoms with Crippen molar-refractivity contribution < 1.29 is 9.90 Å². The van der Waals surface area contributed by atoms with Crippen molar-refractivity contribution in [1.82, 2.24) is 15.6 Å². The lowest BCUT2D eigenvalue weighted by atomic mass is 9.97. The number of β-amino-alcohol motifs (C(OH)–C–C–N with tert-alkyl or cyclic N) is 1. The maximum atomic E-state index is 11.4. The molecular weight excluding hydrogens is 182 g/mol. The monoisotopic (exact) mass is 195 g/mol. The summed E-state index contributed by atoms with van der Waals surface area (Å²) in [7, 11) is 0. The van der Waals surface area contributed by atoms with Crippen molar-refractivity contribution in [2.75, 3.05) is 19.6 Å². The number of aromatic nitrogens is 1. The summed E-state index contributed by atoms with van der Waals surface area (Å²) >= 11 is 0. The first-order valence-corrected chi connectivity index (χ1v) is 4.54. The fourth-order valence-corrected chi connectivity index (χ4v) is 1.35. The van der Waals surface area contributed by atoms with Crippen LogP contribution in [0.15, 0.2) is 18.3 Å². The number of carbonyl (C=O) groups is 1. The van der Waals surface area contributed by atoms with E-state index in [0.717, 1.165) is 0 Å². The molecule has 5 heteroatoms. The average Bonchev–Trinajstić information content (AvgIpc) is 2.63. The van der Waals surface area contributed by atoms with Gasteiger partial charge in [0.15, 0.2) is 0 Å². The lowest BCUT2D eigenvalue weighted by Crippen LogP contribution is -2.64. The Bertz CT molecular complexity index is 317. The van der Waals surface area contributed by atoms with Gasteiger partial charge in [-0.2, -0.15) is 0 Å². The number of hydrogen-bond donors (Lipinski definition) is 4. The number of H-pyrrole nitrogens is 1. The molecule has 1 aliphatic heterocycles. The second-order valence-electron chi connectivity index (χ2n) is 3.59. The molecule has 76 valence electrons. The molecule has 0 atom stereocenters. The van der Waals surface area contributed by atoms with Crippen molar-refractivity contribution in [2.24, 2.45) is 0 Å². The topological polar surface area (TPSA) is 77.2 Å². The van der Waals surface area contributed by atoms with Crippen LogP contribution in [0.5, 0.6) is 0 Å². The minimum Gasteiger partial charge on any atom is -0.385 e. The van der Waals surface area contributed by atoms with E-state index in [4.69, 9.17) is 0 Å². The fourth-order valence-electron chi connectivity index (χ4n) is 1.35. The van der Waals surface area contributed by atoms with E-state index in [-0.39, 0.29) is 12.5 Å². The number of nitrogens with one attached hydrogen (secondary N) is 3. The number of aliphatic hydroxyl groups is 1. The van der Waals surface area contributed by atoms with Crippen LogP contribution in [0.3, 0.4) is 0 Å². The molecule has 5 nitrogen and oxygen atoms in total. The van der Waals surface area contributed by atoms with Gasteiger partial charge in [-0.05, 0) is 12.1 Å². The quantitative estimate of drug-likeness (QED) is 0.503. The largest absolute Gasteiger partial charge is 0.385 e. The standard InChI is InChI=1S/C9H13N3O2/c13-8(7-2-1-3-11-7)12-6-9(14)4-10-5-9/h1-3,10-11,14H,4-6H2,(H,12,13). The molecule has 0 aromatic carbocycles. The second kappa shape index (κ2) is 3.43. The van der Waals surface area contributed by atoms with Crippen molar-refractivity contribution in [3.05, 3.63) is 24.0 Å². The first-order valence-electron chi connectivity index (χ1n) is 4.54. The lowest BCUT2D eigenvalue weighted by Gasteiger charge is -2.37. The molecule has 0 unspecified atom stereocenters. The van der Waals surface area contributed by atoms with Gasteiger partial charge >= 0.3 is 0 Å². The predicted octanol–water partition coefficient (Wildman–Crippen LogP) is -0.921. The first-order chi connectivity index (χ1) is 6.70. The maximum Gasteiger partial charge on any atom is 0.267 e. The van der Waals surface area contributed by atoms with Crippen molar-refractivity contribution in [3.63, 3.8) is 0 Å². The van der Waals surface area contributed by atoms with Gasteiger partial charge in [-0.3, -0.25) is 4.79 Å². The molecule has 1 aromatic rings. The van der Waals surface area contributed by atoms with E-state index in [0.29, 0.717) is 18.8 Å². The van der Waals surface area contributed by atoms with Gasteiger partial charge in [-0.15, -0.1) is 0 Å². The molecule has 1 saturated heterocycles. The minimum absolute atomic E-state index is 0.185. The third-order valence-electron chi connectivity index (χ3n) is 2.33. The summed E-state index contributed by atoms with van der Waals surface area (Å²) in [4.78, 5) is 14.2. The highest BCUT2D eigenvalue weighted by Crippen LogP contribution is 2.08. The number of rotatable bonds is 3. The van der Waals surface area contributed by atoms with E-state index in [2.05, 4.69) is 15.6 Å². The van der Waals surface area contributed by atoms with Gasteiger partial charge in [-0.25, -0.2) is 0 Å². The van der Waals surface area contributed by atoms with E-state index in [1.807, 2.05) is 0 Å². The van der Waals surface area contributed by atoms with Crippen molar-refractivity contribution >= 4 is 5.91 Å². The van der Waals surface area contributed by atoms with E-state index in [1.54, 1.807) is 18.3 Å². The Morgan fingerprint density at radius 2 is 2.43 bits per heavy atom. The summed E-state index contributed by atoms with van der Waals surface area (Å²) < 4.78 is 0. The van der Waals surface area contributed by atoms with Crippen LogP contribution < -0.4 is 10.6 Å². The number of hydrogen-bond acceptors (Lipinski definition) is 3. The highest BCUT2D eigenvalue weighted by Gasteiger charge is 2.34. The number of amides is 1. The Kier molecular flexibility index (Phi) is 2.26. The predicted molar refractivity (Wildman–Crippen MR) is 50.9 cm³/mol. The maximum absolute atomic E-state index is 11.4. The van der Waals surface area contributed by atoms with Crippen LogP contribution >= 0.6 is 0 Å². The van der Waals surface area contributed by atoms with Gasteiger partial charge in [-0.1, -0.05) is 0 Å². The molecule has 0 radical (unpaired) electrons. The van der Waals surface area contributed by atoms with Gasteiger partial charge in [0.05, 0.1) is 0 Å². The van der Waals surface area contributed by atoms with Crippen molar-refractivity contribution in [1.29, 1.82) is 0 Å². The lowest BCUT2D eigenvalue weighted by molar-refractivity contribution is -0.00763. The Labute approximate surface area is 81.5 Å². The fraction of sp³-hybridized carbons (Fsp3) is 0.444. The molecule has 2 heterocycles. The van der Waals surface area contributed by atoms with Gasteiger partial charge in [0.1, 0.15) is 11.3 Å². The normalized spacial score (nSPS) is 18.6. The Hall–Kier alpha value is -1.33. The van der Waals surface area contributed by atoms with Crippen LogP contribution in [0, 0.1) is 0 Å². The molecular formula is C9H13N3O2. The second-order valence-corrected chi connectivity index (χ2v) is 3.59. The van der Waals surface area contributed by atoms with Crippen LogP contribution in [0.25, 0.3) is 0 Å². The number of carbonyl (C=O) groups excluding carboxylic acids is 1. The minimum atomic E-state index is -0.762. The molecule has 1 fully saturated rings. The molecule has 1 amide bonds. The molecule has 0 saturated carbocycles. The molecule has 0 spiro atoms. The highest BCUT2D eigenvalue weighted by molar-refractivity contribution is 5.92. The molecule has 2 rings (SSSR count). The Balaban J connectivity index is 1.84. The molecule has 14 heavy (non-hydrogen) atoms. The summed E-state index contributed by atoms with van der Waals surface area (Å²) in [6.07, 6.45) is 1.69. The SMILES string of the molecule is O=C(NCC1(O)CNC1)c1ccc[nH]1. The summed E-state index contributed by atoms with van der Waals surface area (Å²) in [5.41, 5.74) is -0.247. The van der Waals surface area contributed by atoms with Crippen molar-refractivity contribution in [2.45, 2.75) is 5.60 Å². The summed E-state index contributed by atoms with van der Waals surface area (Å²) in [5, 5.41) is 15.3. The van der Waals surface area contributed by atoms with Gasteiger partial charge in [0.25, 0.3) is 5.91 Å². The highest BCUT2D eigenvalue weighted by atomic mass is 16.3. The van der Waals surface area contributed by atoms with Crippen LogP contribution in [0.4, 0.5) is 0 Å². The smallest absolute Gasteiger partial charge is 0.267 e. The van der Waals surface area contributed by atoms with Crippen LogP contribution in [-0.4, -0.2) is 41.2 Å². The first kappa shape index (κ1) is 9.23. The third kappa shape index (κ3) is 1.78. The van der Waals surface area contributed by atoms with Gasteiger partial charge < -0.3 is 20.7 Å². The van der Waals surface area contributed by atoms with E-state index >= 15 is 0 Å². The average molecular weight is 195 g/mol. The van der Waals surface area contributed by atoms with Gasteiger partial charge in [0, 0.05) is 25.8 Å². The van der Waals surface area contributed by atoms with Crippen LogP contribution in [0.1, 0.15) is 10.5 Å². The van der Waals surface area contributed by atoms with E-state index < -0.39 is 5.60 Å². The summed E-state index contributed by atoms with van der Waals surface area (Å²) in [6.45, 7) is 1.37. The zero-order valence-corrected chi connectivity index (χ0v) is 7.71. The molecule has 0 aliphatic carbocycles. The molecule has 4 N–H and O–H groups in total.